The van der Waals surface area contributed by atoms with Gasteiger partial charge in [0.2, 0.25) is 0 Å². The third-order valence-corrected chi connectivity index (χ3v) is 6.16. The lowest BCUT2D eigenvalue weighted by atomic mass is 9.98. The molecule has 1 aromatic heterocycles. The van der Waals surface area contributed by atoms with Gasteiger partial charge in [0.25, 0.3) is 0 Å². The van der Waals surface area contributed by atoms with Gasteiger partial charge in [-0.25, -0.2) is 9.59 Å². The molecule has 0 bridgehead atoms. The van der Waals surface area contributed by atoms with E-state index in [1.165, 1.54) is 12.1 Å². The van der Waals surface area contributed by atoms with E-state index >= 15 is 0 Å². The van der Waals surface area contributed by atoms with Crippen molar-refractivity contribution >= 4 is 34.1 Å². The largest absolute Gasteiger partial charge is 0.478 e. The van der Waals surface area contributed by atoms with Crippen molar-refractivity contribution in [1.29, 1.82) is 0 Å². The molecule has 182 valence electrons. The first-order valence-corrected chi connectivity index (χ1v) is 11.8. The van der Waals surface area contributed by atoms with Gasteiger partial charge in [-0.3, -0.25) is 9.88 Å². The number of fused-ring (bicyclic) bond motifs is 1. The minimum absolute atomic E-state index is 0.104. The molecule has 3 N–H and O–H groups in total. The van der Waals surface area contributed by atoms with Gasteiger partial charge in [-0.15, -0.1) is 0 Å². The van der Waals surface area contributed by atoms with Gasteiger partial charge in [-0.2, -0.15) is 0 Å². The van der Waals surface area contributed by atoms with Crippen LogP contribution in [-0.4, -0.2) is 53.3 Å². The van der Waals surface area contributed by atoms with Crippen LogP contribution in [0.15, 0.2) is 79.0 Å². The number of hydrogen-bond acceptors (Lipinski definition) is 5. The van der Waals surface area contributed by atoms with Gasteiger partial charge in [0.05, 0.1) is 30.2 Å². The fourth-order valence-corrected chi connectivity index (χ4v) is 4.34. The summed E-state index contributed by atoms with van der Waals surface area (Å²) in [6.07, 6.45) is 1.90. The topological polar surface area (TPSA) is 104 Å². The lowest BCUT2D eigenvalue weighted by Gasteiger charge is -2.26. The molecule has 0 unspecified atom stereocenters. The summed E-state index contributed by atoms with van der Waals surface area (Å²) < 4.78 is 5.42. The van der Waals surface area contributed by atoms with Gasteiger partial charge in [-0.1, -0.05) is 42.5 Å². The number of anilines is 2. The summed E-state index contributed by atoms with van der Waals surface area (Å²) in [7, 11) is 0. The molecule has 8 nitrogen and oxygen atoms in total. The minimum Gasteiger partial charge on any atom is -0.478 e. The molecular formula is C28H26N4O4. The van der Waals surface area contributed by atoms with Crippen molar-refractivity contribution in [3.05, 3.63) is 90.3 Å². The highest BCUT2D eigenvalue weighted by Gasteiger charge is 2.14. The Morgan fingerprint density at radius 2 is 1.72 bits per heavy atom. The molecule has 0 radical (unpaired) electrons. The summed E-state index contributed by atoms with van der Waals surface area (Å²) in [5, 5.41) is 16.6. The van der Waals surface area contributed by atoms with E-state index in [2.05, 4.69) is 32.7 Å². The van der Waals surface area contributed by atoms with Crippen LogP contribution in [0.25, 0.3) is 21.9 Å². The van der Waals surface area contributed by atoms with E-state index < -0.39 is 12.0 Å². The first-order valence-electron chi connectivity index (χ1n) is 11.8. The zero-order valence-electron chi connectivity index (χ0n) is 19.6. The van der Waals surface area contributed by atoms with Crippen LogP contribution in [0.3, 0.4) is 0 Å². The van der Waals surface area contributed by atoms with Gasteiger partial charge in [0, 0.05) is 42.5 Å². The number of aromatic nitrogens is 1. The lowest BCUT2D eigenvalue weighted by Crippen LogP contribution is -2.35. The number of morpholine rings is 1. The lowest BCUT2D eigenvalue weighted by molar-refractivity contribution is 0.0336. The number of hydrogen-bond donors (Lipinski definition) is 3. The molecule has 8 heteroatoms. The number of carbonyl (C=O) groups excluding carboxylic acids is 1. The molecule has 2 amide bonds. The van der Waals surface area contributed by atoms with Crippen molar-refractivity contribution in [2.24, 2.45) is 0 Å². The van der Waals surface area contributed by atoms with Crippen LogP contribution >= 0.6 is 0 Å². The number of carboxylic acid groups (broad SMARTS) is 1. The number of nitrogens with one attached hydrogen (secondary N) is 2. The van der Waals surface area contributed by atoms with E-state index in [9.17, 15) is 9.59 Å². The van der Waals surface area contributed by atoms with E-state index in [1.54, 1.807) is 12.1 Å². The first-order chi connectivity index (χ1) is 17.6. The van der Waals surface area contributed by atoms with Gasteiger partial charge in [0.1, 0.15) is 0 Å². The smallest absolute Gasteiger partial charge is 0.335 e. The highest BCUT2D eigenvalue weighted by molar-refractivity contribution is 6.09. The Labute approximate surface area is 208 Å². The molecule has 5 rings (SSSR count). The molecule has 36 heavy (non-hydrogen) atoms. The van der Waals surface area contributed by atoms with E-state index in [-0.39, 0.29) is 5.56 Å². The quantitative estimate of drug-likeness (QED) is 0.354. The van der Waals surface area contributed by atoms with Crippen molar-refractivity contribution in [1.82, 2.24) is 9.88 Å². The summed E-state index contributed by atoms with van der Waals surface area (Å²) >= 11 is 0. The number of amides is 2. The zero-order chi connectivity index (χ0) is 24.9. The molecule has 0 atom stereocenters. The van der Waals surface area contributed by atoms with Crippen molar-refractivity contribution < 1.29 is 19.4 Å². The standard InChI is InChI=1S/C28H26N4O4/c33-27(34)19-4-3-5-21(16-19)30-28(35)31-26-11-10-23(24-6-1-2-7-25(24)26)20-8-9-22(29-17-20)18-32-12-14-36-15-13-32/h1-11,16-17H,12-15,18H2,(H,33,34)(H2,30,31,35). The summed E-state index contributed by atoms with van der Waals surface area (Å²) in [5.74, 6) is -1.05. The van der Waals surface area contributed by atoms with Crippen LogP contribution in [-0.2, 0) is 11.3 Å². The molecule has 0 aliphatic carbocycles. The second-order valence-corrected chi connectivity index (χ2v) is 8.60. The SMILES string of the molecule is O=C(Nc1cccc(C(=O)O)c1)Nc1ccc(-c2ccc(CN3CCOCC3)nc2)c2ccccc12. The second kappa shape index (κ2) is 10.6. The molecule has 2 heterocycles. The highest BCUT2D eigenvalue weighted by Crippen LogP contribution is 2.33. The third kappa shape index (κ3) is 5.35. The maximum atomic E-state index is 12.7. The average molecular weight is 483 g/mol. The maximum absolute atomic E-state index is 12.7. The normalized spacial score (nSPS) is 13.9. The van der Waals surface area contributed by atoms with E-state index in [4.69, 9.17) is 9.84 Å². The van der Waals surface area contributed by atoms with Crippen molar-refractivity contribution in [3.8, 4) is 11.1 Å². The fraction of sp³-hybridized carbons (Fsp3) is 0.179. The van der Waals surface area contributed by atoms with Crippen LogP contribution in [0.4, 0.5) is 16.2 Å². The molecule has 1 saturated heterocycles. The Hall–Kier alpha value is -4.27. The summed E-state index contributed by atoms with van der Waals surface area (Å²) in [4.78, 5) is 30.9. The number of rotatable bonds is 6. The second-order valence-electron chi connectivity index (χ2n) is 8.60. The molecular weight excluding hydrogens is 456 g/mol. The van der Waals surface area contributed by atoms with Crippen molar-refractivity contribution in [2.45, 2.75) is 6.54 Å². The Morgan fingerprint density at radius 1 is 0.917 bits per heavy atom. The fourth-order valence-electron chi connectivity index (χ4n) is 4.34. The van der Waals surface area contributed by atoms with E-state index in [1.807, 2.05) is 42.6 Å². The van der Waals surface area contributed by atoms with Crippen LogP contribution < -0.4 is 10.6 Å². The minimum atomic E-state index is -1.05. The monoisotopic (exact) mass is 482 g/mol. The number of carboxylic acids is 1. The molecule has 0 saturated carbocycles. The molecule has 4 aromatic rings. The Balaban J connectivity index is 1.35. The number of benzene rings is 3. The van der Waals surface area contributed by atoms with E-state index in [0.29, 0.717) is 11.4 Å². The van der Waals surface area contributed by atoms with Crippen LogP contribution in [0, 0.1) is 0 Å². The van der Waals surface area contributed by atoms with Gasteiger partial charge in [-0.05, 0) is 41.3 Å². The van der Waals surface area contributed by atoms with Crippen LogP contribution in [0.2, 0.25) is 0 Å². The van der Waals surface area contributed by atoms with Gasteiger partial charge in [0.15, 0.2) is 0 Å². The number of aromatic carboxylic acids is 1. The molecule has 0 spiro atoms. The maximum Gasteiger partial charge on any atom is 0.335 e. The number of nitrogens with zero attached hydrogens (tertiary/aromatic N) is 2. The number of urea groups is 1. The predicted octanol–water partition coefficient (Wildman–Crippen LogP) is 5.08. The third-order valence-electron chi connectivity index (χ3n) is 6.16. The Bertz CT molecular complexity index is 1400. The zero-order valence-corrected chi connectivity index (χ0v) is 19.6. The Kier molecular flexibility index (Phi) is 6.88. The number of carbonyl (C=O) groups is 2. The number of pyridine rings is 1. The summed E-state index contributed by atoms with van der Waals surface area (Å²) in [6, 6.07) is 21.5. The van der Waals surface area contributed by atoms with Crippen LogP contribution in [0.1, 0.15) is 16.1 Å². The predicted molar refractivity (Wildman–Crippen MR) is 139 cm³/mol. The Morgan fingerprint density at radius 3 is 2.47 bits per heavy atom. The molecule has 1 aliphatic rings. The average Bonchev–Trinajstić information content (AvgIpc) is 2.90. The summed E-state index contributed by atoms with van der Waals surface area (Å²) in [6.45, 7) is 4.16. The van der Waals surface area contributed by atoms with Crippen molar-refractivity contribution in [2.75, 3.05) is 36.9 Å². The van der Waals surface area contributed by atoms with Crippen LogP contribution in [0.5, 0.6) is 0 Å². The molecule has 3 aromatic carbocycles. The highest BCUT2D eigenvalue weighted by atomic mass is 16.5. The first kappa shape index (κ1) is 23.5. The van der Waals surface area contributed by atoms with Gasteiger partial charge >= 0.3 is 12.0 Å². The molecule has 1 fully saturated rings. The summed E-state index contributed by atoms with van der Waals surface area (Å²) in [5.41, 5.74) is 4.20. The van der Waals surface area contributed by atoms with Gasteiger partial charge < -0.3 is 20.5 Å². The van der Waals surface area contributed by atoms with E-state index in [0.717, 1.165) is 60.4 Å². The molecule has 1 aliphatic heterocycles. The van der Waals surface area contributed by atoms with Crippen molar-refractivity contribution in [3.63, 3.8) is 0 Å². The number of ether oxygens (including phenoxy) is 1.